The van der Waals surface area contributed by atoms with E-state index < -0.39 is 18.5 Å². The van der Waals surface area contributed by atoms with Gasteiger partial charge in [0, 0.05) is 0 Å². The minimum absolute atomic E-state index is 0.136. The fraction of sp³-hybridized carbons (Fsp3) is 0.800. The first kappa shape index (κ1) is 14.9. The average molecular weight is 233 g/mol. The molecule has 94 valence electrons. The monoisotopic (exact) mass is 233 g/mol. The van der Waals surface area contributed by atoms with Crippen molar-refractivity contribution < 1.29 is 24.5 Å². The number of nitrogens with one attached hydrogen (secondary N) is 1. The molecule has 6 heteroatoms. The number of ether oxygens (including phenoxy) is 1. The van der Waals surface area contributed by atoms with Crippen LogP contribution in [-0.4, -0.2) is 48.0 Å². The molecule has 0 aromatic carbocycles. The molecule has 0 bridgehead atoms. The number of hydrogen-bond acceptors (Lipinski definition) is 4. The second-order valence-electron chi connectivity index (χ2n) is 3.96. The molecule has 0 aliphatic rings. The molecule has 0 radical (unpaired) electrons. The Morgan fingerprint density at radius 3 is 2.38 bits per heavy atom. The number of aliphatic hydroxyl groups excluding tert-OH is 1. The van der Waals surface area contributed by atoms with Crippen LogP contribution in [0.4, 0.5) is 0 Å². The van der Waals surface area contributed by atoms with Gasteiger partial charge in [-0.2, -0.15) is 0 Å². The zero-order chi connectivity index (χ0) is 12.6. The molecule has 0 aliphatic carbocycles. The van der Waals surface area contributed by atoms with Gasteiger partial charge in [-0.05, 0) is 12.3 Å². The predicted octanol–water partition coefficient (Wildman–Crippen LogP) is -0.389. The molecular formula is C10H19NO5. The molecule has 6 nitrogen and oxygen atoms in total. The fourth-order valence-corrected chi connectivity index (χ4v) is 1.25. The molecule has 0 aromatic rings. The van der Waals surface area contributed by atoms with Crippen molar-refractivity contribution in [2.75, 3.05) is 19.8 Å². The molecular weight excluding hydrogens is 214 g/mol. The first-order chi connectivity index (χ1) is 7.45. The molecule has 1 atom stereocenters. The van der Waals surface area contributed by atoms with E-state index in [4.69, 9.17) is 10.2 Å². The normalized spacial score (nSPS) is 12.5. The van der Waals surface area contributed by atoms with Crippen molar-refractivity contribution in [3.05, 3.63) is 0 Å². The van der Waals surface area contributed by atoms with Crippen molar-refractivity contribution in [1.29, 1.82) is 0 Å². The molecule has 0 aliphatic heterocycles. The van der Waals surface area contributed by atoms with Crippen molar-refractivity contribution in [1.82, 2.24) is 5.32 Å². The van der Waals surface area contributed by atoms with E-state index in [0.29, 0.717) is 12.3 Å². The van der Waals surface area contributed by atoms with Crippen LogP contribution in [0.2, 0.25) is 0 Å². The van der Waals surface area contributed by atoms with E-state index >= 15 is 0 Å². The lowest BCUT2D eigenvalue weighted by molar-refractivity contribution is -0.143. The highest BCUT2D eigenvalue weighted by Crippen LogP contribution is 2.03. The van der Waals surface area contributed by atoms with Crippen molar-refractivity contribution >= 4 is 11.9 Å². The van der Waals surface area contributed by atoms with E-state index in [1.54, 1.807) is 0 Å². The average Bonchev–Trinajstić information content (AvgIpc) is 2.15. The van der Waals surface area contributed by atoms with Crippen LogP contribution < -0.4 is 5.32 Å². The molecule has 0 spiro atoms. The summed E-state index contributed by atoms with van der Waals surface area (Å²) in [6, 6.07) is -0.305. The van der Waals surface area contributed by atoms with E-state index in [0.717, 1.165) is 0 Å². The Balaban J connectivity index is 3.78. The molecule has 3 N–H and O–H groups in total. The van der Waals surface area contributed by atoms with Gasteiger partial charge in [-0.1, -0.05) is 13.8 Å². The van der Waals surface area contributed by atoms with E-state index in [9.17, 15) is 9.59 Å². The lowest BCUT2D eigenvalue weighted by Crippen LogP contribution is -2.40. The van der Waals surface area contributed by atoms with Gasteiger partial charge in [0.15, 0.2) is 0 Å². The Morgan fingerprint density at radius 2 is 1.94 bits per heavy atom. The molecule has 0 heterocycles. The van der Waals surface area contributed by atoms with Gasteiger partial charge in [0.2, 0.25) is 5.91 Å². The number of carboxylic acid groups (broad SMARTS) is 1. The lowest BCUT2D eigenvalue weighted by atomic mass is 10.0. The summed E-state index contributed by atoms with van der Waals surface area (Å²) in [6.45, 7) is 3.02. The summed E-state index contributed by atoms with van der Waals surface area (Å²) in [5, 5.41) is 19.8. The van der Waals surface area contributed by atoms with Crippen LogP contribution in [0, 0.1) is 5.92 Å². The maximum Gasteiger partial charge on any atom is 0.329 e. The third-order valence-electron chi connectivity index (χ3n) is 1.80. The van der Waals surface area contributed by atoms with Gasteiger partial charge in [0.05, 0.1) is 12.6 Å². The number of hydrogen-bond donors (Lipinski definition) is 3. The van der Waals surface area contributed by atoms with Crippen molar-refractivity contribution in [2.24, 2.45) is 5.92 Å². The fourth-order valence-electron chi connectivity index (χ4n) is 1.25. The smallest absolute Gasteiger partial charge is 0.329 e. The maximum absolute atomic E-state index is 11.2. The summed E-state index contributed by atoms with van der Waals surface area (Å²) in [7, 11) is 0. The third-order valence-corrected chi connectivity index (χ3v) is 1.80. The summed E-state index contributed by atoms with van der Waals surface area (Å²) < 4.78 is 4.61. The van der Waals surface area contributed by atoms with E-state index in [2.05, 4.69) is 10.1 Å². The molecule has 16 heavy (non-hydrogen) atoms. The van der Waals surface area contributed by atoms with Crippen molar-refractivity contribution in [3.63, 3.8) is 0 Å². The van der Waals surface area contributed by atoms with Gasteiger partial charge >= 0.3 is 5.97 Å². The molecule has 0 saturated heterocycles. The standard InChI is InChI=1S/C10H19NO5/c1-7(2)3-8(4-12)11-9(13)5-16-6-10(14)15/h7-8,12H,3-6H2,1-2H3,(H,11,13)(H,14,15). The van der Waals surface area contributed by atoms with Crippen LogP contribution in [0.25, 0.3) is 0 Å². The molecule has 0 rings (SSSR count). The summed E-state index contributed by atoms with van der Waals surface area (Å²) in [5.41, 5.74) is 0. The van der Waals surface area contributed by atoms with Crippen LogP contribution in [-0.2, 0) is 14.3 Å². The minimum atomic E-state index is -1.12. The molecule has 0 saturated carbocycles. The number of aliphatic carboxylic acids is 1. The van der Waals surface area contributed by atoms with E-state index in [1.807, 2.05) is 13.8 Å². The third kappa shape index (κ3) is 8.19. The van der Waals surface area contributed by atoms with Crippen LogP contribution in [0.15, 0.2) is 0 Å². The maximum atomic E-state index is 11.2. The quantitative estimate of drug-likeness (QED) is 0.530. The Hall–Kier alpha value is -1.14. The summed E-state index contributed by atoms with van der Waals surface area (Å²) in [4.78, 5) is 21.3. The Kier molecular flexibility index (Phi) is 7.49. The van der Waals surface area contributed by atoms with Gasteiger partial charge in [0.25, 0.3) is 0 Å². The summed E-state index contributed by atoms with van der Waals surface area (Å²) in [6.07, 6.45) is 0.668. The number of rotatable bonds is 8. The zero-order valence-electron chi connectivity index (χ0n) is 9.60. The van der Waals surface area contributed by atoms with Crippen LogP contribution in [0.3, 0.4) is 0 Å². The number of amides is 1. The second kappa shape index (κ2) is 8.06. The molecule has 0 fully saturated rings. The Morgan fingerprint density at radius 1 is 1.31 bits per heavy atom. The summed E-state index contributed by atoms with van der Waals surface area (Å²) >= 11 is 0. The highest BCUT2D eigenvalue weighted by molar-refractivity contribution is 5.78. The summed E-state index contributed by atoms with van der Waals surface area (Å²) in [5.74, 6) is -1.17. The SMILES string of the molecule is CC(C)CC(CO)NC(=O)COCC(=O)O. The van der Waals surface area contributed by atoms with Gasteiger partial charge in [-0.3, -0.25) is 4.79 Å². The topological polar surface area (TPSA) is 95.9 Å². The minimum Gasteiger partial charge on any atom is -0.480 e. The number of aliphatic hydroxyl groups is 1. The van der Waals surface area contributed by atoms with Crippen LogP contribution in [0.5, 0.6) is 0 Å². The number of carboxylic acids is 1. The van der Waals surface area contributed by atoms with Crippen LogP contribution in [0.1, 0.15) is 20.3 Å². The van der Waals surface area contributed by atoms with Crippen molar-refractivity contribution in [3.8, 4) is 0 Å². The van der Waals surface area contributed by atoms with Gasteiger partial charge in [-0.15, -0.1) is 0 Å². The largest absolute Gasteiger partial charge is 0.480 e. The number of carbonyl (C=O) groups is 2. The van der Waals surface area contributed by atoms with Crippen LogP contribution >= 0.6 is 0 Å². The Bertz CT molecular complexity index is 229. The Labute approximate surface area is 94.6 Å². The first-order valence-electron chi connectivity index (χ1n) is 5.15. The van der Waals surface area contributed by atoms with E-state index in [1.165, 1.54) is 0 Å². The molecule has 0 aromatic heterocycles. The molecule has 1 amide bonds. The van der Waals surface area contributed by atoms with Gasteiger partial charge < -0.3 is 20.3 Å². The van der Waals surface area contributed by atoms with Gasteiger partial charge in [-0.25, -0.2) is 4.79 Å². The van der Waals surface area contributed by atoms with Gasteiger partial charge in [0.1, 0.15) is 13.2 Å². The highest BCUT2D eigenvalue weighted by Gasteiger charge is 2.13. The van der Waals surface area contributed by atoms with E-state index in [-0.39, 0.29) is 19.3 Å². The lowest BCUT2D eigenvalue weighted by Gasteiger charge is -2.17. The van der Waals surface area contributed by atoms with Crippen molar-refractivity contribution in [2.45, 2.75) is 26.3 Å². The molecule has 1 unspecified atom stereocenters. The predicted molar refractivity (Wildman–Crippen MR) is 56.9 cm³/mol. The highest BCUT2D eigenvalue weighted by atomic mass is 16.5. The zero-order valence-corrected chi connectivity index (χ0v) is 9.60. The second-order valence-corrected chi connectivity index (χ2v) is 3.96. The first-order valence-corrected chi connectivity index (χ1v) is 5.15. The number of carbonyl (C=O) groups excluding carboxylic acids is 1.